The first-order valence-corrected chi connectivity index (χ1v) is 8.23. The minimum atomic E-state index is -0.573. The van der Waals surface area contributed by atoms with Gasteiger partial charge in [-0.3, -0.25) is 19.7 Å². The SMILES string of the molecule is N#Cc1ccc(CNC(=O)c2cc(C(=O)c3cccc([N+](=O)[O-])c3)c[nH]2)cc1. The lowest BCUT2D eigenvalue weighted by Crippen LogP contribution is -2.23. The van der Waals surface area contributed by atoms with Crippen molar-refractivity contribution in [3.63, 3.8) is 0 Å². The summed E-state index contributed by atoms with van der Waals surface area (Å²) in [4.78, 5) is 37.8. The highest BCUT2D eigenvalue weighted by Gasteiger charge is 2.17. The van der Waals surface area contributed by atoms with Gasteiger partial charge in [0.2, 0.25) is 0 Å². The van der Waals surface area contributed by atoms with E-state index in [4.69, 9.17) is 5.26 Å². The highest BCUT2D eigenvalue weighted by molar-refractivity contribution is 6.10. The van der Waals surface area contributed by atoms with Crippen LogP contribution in [0.4, 0.5) is 5.69 Å². The van der Waals surface area contributed by atoms with Crippen LogP contribution in [-0.2, 0) is 6.54 Å². The zero-order valence-corrected chi connectivity index (χ0v) is 14.5. The van der Waals surface area contributed by atoms with Crippen LogP contribution in [0, 0.1) is 21.4 Å². The third-order valence-electron chi connectivity index (χ3n) is 4.05. The standard InChI is InChI=1S/C20H14N4O4/c21-10-13-4-6-14(7-5-13)11-23-20(26)18-9-16(12-22-18)19(25)15-2-1-3-17(8-15)24(27)28/h1-9,12,22H,11H2,(H,23,26). The monoisotopic (exact) mass is 374 g/mol. The Morgan fingerprint density at radius 3 is 2.54 bits per heavy atom. The van der Waals surface area contributed by atoms with Gasteiger partial charge in [-0.1, -0.05) is 24.3 Å². The molecule has 0 radical (unpaired) electrons. The van der Waals surface area contributed by atoms with Crippen molar-refractivity contribution >= 4 is 17.4 Å². The van der Waals surface area contributed by atoms with Gasteiger partial charge in [0.15, 0.2) is 5.78 Å². The summed E-state index contributed by atoms with van der Waals surface area (Å²) < 4.78 is 0. The summed E-state index contributed by atoms with van der Waals surface area (Å²) >= 11 is 0. The number of nitro benzene ring substituents is 1. The van der Waals surface area contributed by atoms with Gasteiger partial charge in [0.05, 0.1) is 16.6 Å². The summed E-state index contributed by atoms with van der Waals surface area (Å²) in [6.45, 7) is 0.262. The summed E-state index contributed by atoms with van der Waals surface area (Å²) in [5.74, 6) is -0.825. The molecule has 3 rings (SSSR count). The molecule has 1 amide bonds. The van der Waals surface area contributed by atoms with Gasteiger partial charge < -0.3 is 10.3 Å². The lowest BCUT2D eigenvalue weighted by atomic mass is 10.1. The van der Waals surface area contributed by atoms with Crippen molar-refractivity contribution in [1.82, 2.24) is 10.3 Å². The number of hydrogen-bond donors (Lipinski definition) is 2. The molecule has 0 spiro atoms. The number of nitriles is 1. The van der Waals surface area contributed by atoms with Crippen LogP contribution in [0.15, 0.2) is 60.8 Å². The lowest BCUT2D eigenvalue weighted by Gasteiger charge is -2.04. The number of carbonyl (C=O) groups is 2. The third kappa shape index (κ3) is 4.11. The summed E-state index contributed by atoms with van der Waals surface area (Å²) in [6, 6.07) is 15.6. The molecule has 0 aliphatic rings. The van der Waals surface area contributed by atoms with Gasteiger partial charge in [-0.2, -0.15) is 5.26 Å². The number of benzene rings is 2. The summed E-state index contributed by atoms with van der Waals surface area (Å²) in [7, 11) is 0. The first kappa shape index (κ1) is 18.5. The van der Waals surface area contributed by atoms with Gasteiger partial charge in [-0.05, 0) is 23.8 Å². The number of amides is 1. The highest BCUT2D eigenvalue weighted by atomic mass is 16.6. The summed E-state index contributed by atoms with van der Waals surface area (Å²) in [5, 5.41) is 22.3. The Morgan fingerprint density at radius 1 is 1.11 bits per heavy atom. The first-order valence-electron chi connectivity index (χ1n) is 8.23. The van der Waals surface area contributed by atoms with E-state index < -0.39 is 16.6 Å². The van der Waals surface area contributed by atoms with Crippen LogP contribution >= 0.6 is 0 Å². The first-order chi connectivity index (χ1) is 13.5. The molecule has 2 N–H and O–H groups in total. The van der Waals surface area contributed by atoms with Crippen LogP contribution < -0.4 is 5.32 Å². The number of rotatable bonds is 6. The van der Waals surface area contributed by atoms with E-state index in [9.17, 15) is 19.7 Å². The van der Waals surface area contributed by atoms with Crippen molar-refractivity contribution in [2.75, 3.05) is 0 Å². The van der Waals surface area contributed by atoms with E-state index in [0.717, 1.165) is 5.56 Å². The van der Waals surface area contributed by atoms with E-state index in [1.807, 2.05) is 6.07 Å². The Kier molecular flexibility index (Phi) is 5.28. The molecule has 0 bridgehead atoms. The quantitative estimate of drug-likeness (QED) is 0.389. The van der Waals surface area contributed by atoms with E-state index in [1.54, 1.807) is 24.3 Å². The summed E-state index contributed by atoms with van der Waals surface area (Å²) in [5.41, 5.74) is 1.77. The minimum absolute atomic E-state index is 0.165. The van der Waals surface area contributed by atoms with Crippen LogP contribution in [-0.4, -0.2) is 21.6 Å². The van der Waals surface area contributed by atoms with Crippen molar-refractivity contribution < 1.29 is 14.5 Å². The molecule has 0 aliphatic carbocycles. The number of H-pyrrole nitrogens is 1. The van der Waals surface area contributed by atoms with Crippen molar-refractivity contribution in [2.45, 2.75) is 6.54 Å². The Balaban J connectivity index is 1.68. The van der Waals surface area contributed by atoms with Crippen molar-refractivity contribution in [2.24, 2.45) is 0 Å². The number of non-ortho nitro benzene ring substituents is 1. The highest BCUT2D eigenvalue weighted by Crippen LogP contribution is 2.17. The van der Waals surface area contributed by atoms with Crippen molar-refractivity contribution in [1.29, 1.82) is 5.26 Å². The number of nitrogens with zero attached hydrogens (tertiary/aromatic N) is 2. The Morgan fingerprint density at radius 2 is 1.86 bits per heavy atom. The maximum Gasteiger partial charge on any atom is 0.270 e. The number of nitro groups is 1. The van der Waals surface area contributed by atoms with Crippen LogP contribution in [0.2, 0.25) is 0 Å². The number of ketones is 1. The molecule has 0 unspecified atom stereocenters. The molecule has 8 heteroatoms. The fraction of sp³-hybridized carbons (Fsp3) is 0.0500. The molecule has 0 saturated heterocycles. The third-order valence-corrected chi connectivity index (χ3v) is 4.05. The largest absolute Gasteiger partial charge is 0.356 e. The lowest BCUT2D eigenvalue weighted by molar-refractivity contribution is -0.384. The number of carbonyl (C=O) groups excluding carboxylic acids is 2. The van der Waals surface area contributed by atoms with Crippen LogP contribution in [0.1, 0.15) is 37.5 Å². The fourth-order valence-electron chi connectivity index (χ4n) is 2.56. The molecular formula is C20H14N4O4. The normalized spacial score (nSPS) is 10.1. The molecule has 3 aromatic rings. The fourth-order valence-corrected chi connectivity index (χ4v) is 2.56. The average Bonchev–Trinajstić information content (AvgIpc) is 3.22. The van der Waals surface area contributed by atoms with E-state index in [2.05, 4.69) is 10.3 Å². The molecule has 0 fully saturated rings. The number of hydrogen-bond acceptors (Lipinski definition) is 5. The molecule has 138 valence electrons. The molecule has 8 nitrogen and oxygen atoms in total. The predicted molar refractivity (Wildman–Crippen MR) is 99.6 cm³/mol. The summed E-state index contributed by atoms with van der Waals surface area (Å²) in [6.07, 6.45) is 1.39. The van der Waals surface area contributed by atoms with Crippen LogP contribution in [0.25, 0.3) is 0 Å². The van der Waals surface area contributed by atoms with Crippen LogP contribution in [0.3, 0.4) is 0 Å². The van der Waals surface area contributed by atoms with E-state index in [0.29, 0.717) is 5.56 Å². The van der Waals surface area contributed by atoms with Gasteiger partial charge >= 0.3 is 0 Å². The molecule has 1 heterocycles. The van der Waals surface area contributed by atoms with Gasteiger partial charge in [-0.15, -0.1) is 0 Å². The maximum atomic E-state index is 12.5. The second kappa shape index (κ2) is 7.97. The molecule has 1 aromatic heterocycles. The minimum Gasteiger partial charge on any atom is -0.356 e. The molecule has 0 atom stereocenters. The van der Waals surface area contributed by atoms with Gasteiger partial charge in [0, 0.05) is 36.0 Å². The Labute approximate surface area is 159 Å². The molecular weight excluding hydrogens is 360 g/mol. The second-order valence-corrected chi connectivity index (χ2v) is 5.93. The van der Waals surface area contributed by atoms with Crippen LogP contribution in [0.5, 0.6) is 0 Å². The molecule has 0 aliphatic heterocycles. The van der Waals surface area contributed by atoms with Crippen molar-refractivity contribution in [3.05, 3.63) is 98.9 Å². The zero-order valence-electron chi connectivity index (χ0n) is 14.5. The Bertz CT molecular complexity index is 1090. The number of aromatic amines is 1. The zero-order chi connectivity index (χ0) is 20.1. The maximum absolute atomic E-state index is 12.5. The second-order valence-electron chi connectivity index (χ2n) is 5.93. The van der Waals surface area contributed by atoms with Gasteiger partial charge in [0.1, 0.15) is 5.69 Å². The smallest absolute Gasteiger partial charge is 0.270 e. The molecule has 0 saturated carbocycles. The van der Waals surface area contributed by atoms with E-state index in [-0.39, 0.29) is 29.1 Å². The topological polar surface area (TPSA) is 129 Å². The molecule has 28 heavy (non-hydrogen) atoms. The van der Waals surface area contributed by atoms with Gasteiger partial charge in [0.25, 0.3) is 11.6 Å². The number of nitrogens with one attached hydrogen (secondary N) is 2. The predicted octanol–water partition coefficient (Wildman–Crippen LogP) is 2.96. The van der Waals surface area contributed by atoms with E-state index in [1.165, 1.54) is 36.5 Å². The average molecular weight is 374 g/mol. The Hall–Kier alpha value is -4.25. The van der Waals surface area contributed by atoms with E-state index >= 15 is 0 Å². The van der Waals surface area contributed by atoms with Crippen molar-refractivity contribution in [3.8, 4) is 6.07 Å². The number of aromatic nitrogens is 1. The van der Waals surface area contributed by atoms with Gasteiger partial charge in [-0.25, -0.2) is 0 Å². The molecule has 2 aromatic carbocycles.